The number of amides is 1. The maximum Gasteiger partial charge on any atom is 0.339 e. The molecule has 2 aromatic heterocycles. The Balaban J connectivity index is 2.35. The lowest BCUT2D eigenvalue weighted by atomic mass is 10.1. The molecule has 0 atom stereocenters. The topological polar surface area (TPSA) is 92.2 Å². The van der Waals surface area contributed by atoms with Crippen LogP contribution in [0.4, 0.5) is 5.00 Å². The van der Waals surface area contributed by atoms with Crippen LogP contribution in [-0.2, 0) is 6.42 Å². The zero-order valence-corrected chi connectivity index (χ0v) is 11.9. The number of nitrogens with one attached hydrogen (secondary N) is 1. The SMILES string of the molecule is CCc1c(C)sc(NC(=O)c2cnsn2)c1C(=O)O. The molecule has 2 rings (SSSR count). The van der Waals surface area contributed by atoms with Crippen LogP contribution < -0.4 is 5.32 Å². The van der Waals surface area contributed by atoms with Crippen LogP contribution in [0.1, 0.15) is 38.2 Å². The zero-order chi connectivity index (χ0) is 14.0. The summed E-state index contributed by atoms with van der Waals surface area (Å²) in [6.07, 6.45) is 1.96. The van der Waals surface area contributed by atoms with Gasteiger partial charge in [-0.3, -0.25) is 4.79 Å². The van der Waals surface area contributed by atoms with Gasteiger partial charge in [-0.2, -0.15) is 8.75 Å². The summed E-state index contributed by atoms with van der Waals surface area (Å²) in [6, 6.07) is 0. The second-order valence-electron chi connectivity index (χ2n) is 3.75. The van der Waals surface area contributed by atoms with Crippen LogP contribution >= 0.6 is 23.1 Å². The Kier molecular flexibility index (Phi) is 3.91. The minimum absolute atomic E-state index is 0.168. The zero-order valence-electron chi connectivity index (χ0n) is 10.3. The maximum atomic E-state index is 11.9. The highest BCUT2D eigenvalue weighted by Gasteiger charge is 2.22. The monoisotopic (exact) mass is 297 g/mol. The second kappa shape index (κ2) is 5.45. The van der Waals surface area contributed by atoms with Crippen molar-refractivity contribution < 1.29 is 14.7 Å². The van der Waals surface area contributed by atoms with Gasteiger partial charge < -0.3 is 10.4 Å². The summed E-state index contributed by atoms with van der Waals surface area (Å²) < 4.78 is 7.55. The Morgan fingerprint density at radius 3 is 2.74 bits per heavy atom. The number of thiophene rings is 1. The number of anilines is 1. The fourth-order valence-electron chi connectivity index (χ4n) is 1.75. The number of rotatable bonds is 4. The van der Waals surface area contributed by atoms with Gasteiger partial charge in [0.1, 0.15) is 5.00 Å². The summed E-state index contributed by atoms with van der Waals surface area (Å²) in [5, 5.41) is 12.2. The molecule has 2 heterocycles. The number of nitrogens with zero attached hydrogens (tertiary/aromatic N) is 2. The number of carbonyl (C=O) groups is 2. The Labute approximate surface area is 117 Å². The predicted molar refractivity (Wildman–Crippen MR) is 73.3 cm³/mol. The third-order valence-electron chi connectivity index (χ3n) is 2.60. The summed E-state index contributed by atoms with van der Waals surface area (Å²) in [7, 11) is 0. The standard InChI is InChI=1S/C11H11N3O3S2/c1-3-6-5(2)18-10(8(6)11(16)17)13-9(15)7-4-12-19-14-7/h4H,3H2,1-2H3,(H,13,15)(H,16,17). The van der Waals surface area contributed by atoms with E-state index in [1.54, 1.807) is 0 Å². The largest absolute Gasteiger partial charge is 0.478 e. The van der Waals surface area contributed by atoms with E-state index in [0.717, 1.165) is 22.2 Å². The average Bonchev–Trinajstić information content (AvgIpc) is 2.96. The van der Waals surface area contributed by atoms with Crippen LogP contribution in [0.2, 0.25) is 0 Å². The van der Waals surface area contributed by atoms with Crippen LogP contribution in [0.3, 0.4) is 0 Å². The van der Waals surface area contributed by atoms with Gasteiger partial charge in [-0.1, -0.05) is 6.92 Å². The van der Waals surface area contributed by atoms with Crippen molar-refractivity contribution in [2.75, 3.05) is 5.32 Å². The van der Waals surface area contributed by atoms with Gasteiger partial charge >= 0.3 is 5.97 Å². The van der Waals surface area contributed by atoms with E-state index in [4.69, 9.17) is 0 Å². The van der Waals surface area contributed by atoms with E-state index in [1.807, 2.05) is 13.8 Å². The molecule has 0 fully saturated rings. The quantitative estimate of drug-likeness (QED) is 0.904. The van der Waals surface area contributed by atoms with E-state index in [1.165, 1.54) is 17.5 Å². The third-order valence-corrected chi connectivity index (χ3v) is 4.14. The number of carboxylic acids is 1. The highest BCUT2D eigenvalue weighted by molar-refractivity contribution is 7.16. The van der Waals surface area contributed by atoms with E-state index in [9.17, 15) is 14.7 Å². The lowest BCUT2D eigenvalue weighted by molar-refractivity contribution is 0.0697. The molecule has 0 unspecified atom stereocenters. The molecule has 0 aliphatic carbocycles. The molecular weight excluding hydrogens is 286 g/mol. The van der Waals surface area contributed by atoms with Gasteiger partial charge in [0.25, 0.3) is 5.91 Å². The molecule has 0 bridgehead atoms. The van der Waals surface area contributed by atoms with Gasteiger partial charge in [-0.05, 0) is 18.9 Å². The molecule has 19 heavy (non-hydrogen) atoms. The first-order valence-corrected chi connectivity index (χ1v) is 7.03. The van der Waals surface area contributed by atoms with Crippen molar-refractivity contribution in [2.24, 2.45) is 0 Å². The smallest absolute Gasteiger partial charge is 0.339 e. The Morgan fingerprint density at radius 1 is 1.47 bits per heavy atom. The van der Waals surface area contributed by atoms with Gasteiger partial charge in [-0.15, -0.1) is 11.3 Å². The number of hydrogen-bond donors (Lipinski definition) is 2. The fraction of sp³-hybridized carbons (Fsp3) is 0.273. The van der Waals surface area contributed by atoms with Crippen molar-refractivity contribution >= 4 is 39.9 Å². The molecule has 0 aliphatic rings. The van der Waals surface area contributed by atoms with E-state index in [-0.39, 0.29) is 11.3 Å². The highest BCUT2D eigenvalue weighted by Crippen LogP contribution is 2.33. The van der Waals surface area contributed by atoms with Gasteiger partial charge in [0, 0.05) is 4.88 Å². The van der Waals surface area contributed by atoms with Crippen molar-refractivity contribution in [1.82, 2.24) is 8.75 Å². The number of carbonyl (C=O) groups excluding carboxylic acids is 1. The molecular formula is C11H11N3O3S2. The van der Waals surface area contributed by atoms with Crippen LogP contribution in [0, 0.1) is 6.92 Å². The van der Waals surface area contributed by atoms with Crippen LogP contribution in [-0.4, -0.2) is 25.7 Å². The molecule has 0 aromatic carbocycles. The number of aromatic nitrogens is 2. The Bertz CT molecular complexity index is 619. The number of aromatic carboxylic acids is 1. The van der Waals surface area contributed by atoms with Gasteiger partial charge in [0.15, 0.2) is 5.69 Å². The van der Waals surface area contributed by atoms with Crippen LogP contribution in [0.15, 0.2) is 6.20 Å². The first-order chi connectivity index (χ1) is 9.04. The first kappa shape index (κ1) is 13.6. The van der Waals surface area contributed by atoms with Crippen molar-refractivity contribution in [3.05, 3.63) is 27.9 Å². The van der Waals surface area contributed by atoms with Crippen molar-refractivity contribution in [2.45, 2.75) is 20.3 Å². The first-order valence-electron chi connectivity index (χ1n) is 5.49. The minimum atomic E-state index is -1.03. The fourth-order valence-corrected chi connectivity index (χ4v) is 3.29. The number of carboxylic acid groups (broad SMARTS) is 1. The van der Waals surface area contributed by atoms with E-state index < -0.39 is 11.9 Å². The van der Waals surface area contributed by atoms with Crippen LogP contribution in [0.5, 0.6) is 0 Å². The molecule has 100 valence electrons. The van der Waals surface area contributed by atoms with E-state index in [0.29, 0.717) is 11.4 Å². The van der Waals surface area contributed by atoms with Gasteiger partial charge in [-0.25, -0.2) is 4.79 Å². The lowest BCUT2D eigenvalue weighted by Gasteiger charge is -2.02. The van der Waals surface area contributed by atoms with Gasteiger partial charge in [0.2, 0.25) is 0 Å². The summed E-state index contributed by atoms with van der Waals surface area (Å²) in [4.78, 5) is 24.1. The Hall–Kier alpha value is -1.80. The predicted octanol–water partition coefficient (Wildman–Crippen LogP) is 2.42. The third kappa shape index (κ3) is 2.64. The second-order valence-corrected chi connectivity index (χ2v) is 5.53. The number of hydrogen-bond acceptors (Lipinski definition) is 6. The molecule has 2 aromatic rings. The summed E-state index contributed by atoms with van der Waals surface area (Å²) >= 11 is 2.19. The minimum Gasteiger partial charge on any atom is -0.478 e. The molecule has 8 heteroatoms. The summed E-state index contributed by atoms with van der Waals surface area (Å²) in [5.74, 6) is -1.48. The summed E-state index contributed by atoms with van der Waals surface area (Å²) in [5.41, 5.74) is 1.11. The van der Waals surface area contributed by atoms with Crippen molar-refractivity contribution in [3.63, 3.8) is 0 Å². The average molecular weight is 297 g/mol. The molecule has 0 saturated heterocycles. The van der Waals surface area contributed by atoms with Crippen molar-refractivity contribution in [3.8, 4) is 0 Å². The van der Waals surface area contributed by atoms with Gasteiger partial charge in [0.05, 0.1) is 23.5 Å². The molecule has 0 saturated carbocycles. The maximum absolute atomic E-state index is 11.9. The molecule has 6 nitrogen and oxygen atoms in total. The van der Waals surface area contributed by atoms with Crippen LogP contribution in [0.25, 0.3) is 0 Å². The normalized spacial score (nSPS) is 10.4. The highest BCUT2D eigenvalue weighted by atomic mass is 32.1. The Morgan fingerprint density at radius 2 is 2.21 bits per heavy atom. The van der Waals surface area contributed by atoms with E-state index >= 15 is 0 Å². The van der Waals surface area contributed by atoms with Crippen molar-refractivity contribution in [1.29, 1.82) is 0 Å². The lowest BCUT2D eigenvalue weighted by Crippen LogP contribution is -2.14. The molecule has 0 radical (unpaired) electrons. The summed E-state index contributed by atoms with van der Waals surface area (Å²) in [6.45, 7) is 3.73. The molecule has 0 aliphatic heterocycles. The number of aryl methyl sites for hydroxylation is 1. The van der Waals surface area contributed by atoms with E-state index in [2.05, 4.69) is 14.1 Å². The molecule has 0 spiro atoms. The molecule has 2 N–H and O–H groups in total. The molecule has 1 amide bonds.